The number of rotatable bonds is 1. The van der Waals surface area contributed by atoms with Crippen molar-refractivity contribution in [3.63, 3.8) is 0 Å². The molecular weight excluding hydrogens is 166 g/mol. The second-order valence-corrected chi connectivity index (χ2v) is 1.54. The number of guanidine groups is 2. The first-order chi connectivity index (χ1) is 4.66. The van der Waals surface area contributed by atoms with Gasteiger partial charge in [-0.2, -0.15) is 0 Å². The van der Waals surface area contributed by atoms with Gasteiger partial charge in [-0.15, -0.1) is 12.4 Å². The number of nitrogens with one attached hydrogen (secondary N) is 2. The lowest BCUT2D eigenvalue weighted by atomic mass is 10.7. The Bertz CT molecular complexity index is 174. The van der Waals surface area contributed by atoms with Crippen LogP contribution in [0.2, 0.25) is 0 Å². The molecule has 0 unspecified atom stereocenters. The van der Waals surface area contributed by atoms with Gasteiger partial charge in [-0.25, -0.2) is 4.99 Å². The second kappa shape index (κ2) is 6.88. The predicted molar refractivity (Wildman–Crippen MR) is 48.7 cm³/mol. The lowest BCUT2D eigenvalue weighted by Gasteiger charge is -1.98. The number of halogens is 1. The smallest absolute Gasteiger partial charge is 0.200 e. The van der Waals surface area contributed by atoms with E-state index in [1.165, 1.54) is 6.20 Å². The van der Waals surface area contributed by atoms with E-state index in [0.29, 0.717) is 0 Å². The maximum Gasteiger partial charge on any atom is 0.200 e. The van der Waals surface area contributed by atoms with Crippen LogP contribution in [0.4, 0.5) is 0 Å². The van der Waals surface area contributed by atoms with Crippen LogP contribution in [0.25, 0.3) is 0 Å². The molecule has 0 spiro atoms. The Hall–Kier alpha value is -1.23. The van der Waals surface area contributed by atoms with Gasteiger partial charge in [-0.3, -0.25) is 10.7 Å². The zero-order valence-corrected chi connectivity index (χ0v) is 6.98. The van der Waals surface area contributed by atoms with Gasteiger partial charge in [0.25, 0.3) is 0 Å². The molecule has 0 saturated heterocycles. The highest BCUT2D eigenvalue weighted by Gasteiger charge is 1.87. The maximum atomic E-state index is 6.74. The molecule has 0 aromatic rings. The summed E-state index contributed by atoms with van der Waals surface area (Å²) in [5.74, 6) is -0.101. The number of nitrogens with two attached hydrogens (primary N) is 2. The third-order valence-corrected chi connectivity index (χ3v) is 0.625. The molecule has 0 atom stereocenters. The Balaban J connectivity index is 0. The van der Waals surface area contributed by atoms with Gasteiger partial charge in [0.05, 0.1) is 0 Å². The summed E-state index contributed by atoms with van der Waals surface area (Å²) < 4.78 is 0. The maximum absolute atomic E-state index is 6.74. The van der Waals surface area contributed by atoms with E-state index in [1.54, 1.807) is 6.08 Å². The summed E-state index contributed by atoms with van der Waals surface area (Å²) in [6, 6.07) is 0. The minimum absolute atomic E-state index is 0. The lowest BCUT2D eigenvalue weighted by Crippen LogP contribution is -2.40. The van der Waals surface area contributed by atoms with Gasteiger partial charge >= 0.3 is 0 Å². The van der Waals surface area contributed by atoms with E-state index in [1.807, 2.05) is 6.92 Å². The summed E-state index contributed by atoms with van der Waals surface area (Å²) in [6.45, 7) is 1.81. The standard InChI is InChI=1S/C5H11N5.ClH/c1-2-3-9-5(8)10-4(6)7;/h2-3H,1H3,(H6,6,7,8,9,10);1H. The van der Waals surface area contributed by atoms with Gasteiger partial charge < -0.3 is 11.5 Å². The highest BCUT2D eigenvalue weighted by Crippen LogP contribution is 1.70. The number of nitrogens with zero attached hydrogens (tertiary/aromatic N) is 1. The largest absolute Gasteiger partial charge is 0.370 e. The molecule has 0 aliphatic heterocycles. The Kier molecular flexibility index (Phi) is 7.79. The Morgan fingerprint density at radius 1 is 1.55 bits per heavy atom. The fraction of sp³-hybridized carbons (Fsp3) is 0.200. The third kappa shape index (κ3) is 8.77. The molecule has 0 bridgehead atoms. The SMILES string of the molecule is CC=CN=C(N)NC(=N)N.Cl. The van der Waals surface area contributed by atoms with E-state index in [-0.39, 0.29) is 24.3 Å². The molecule has 0 rings (SSSR count). The average Bonchev–Trinajstić information content (AvgIpc) is 1.82. The monoisotopic (exact) mass is 177 g/mol. The minimum Gasteiger partial charge on any atom is -0.370 e. The molecule has 0 amide bonds. The molecule has 0 saturated carbocycles. The van der Waals surface area contributed by atoms with Crippen LogP contribution < -0.4 is 16.8 Å². The van der Waals surface area contributed by atoms with Crippen LogP contribution in [-0.2, 0) is 0 Å². The van der Waals surface area contributed by atoms with E-state index >= 15 is 0 Å². The summed E-state index contributed by atoms with van der Waals surface area (Å²) in [5.41, 5.74) is 10.2. The number of hydrogen-bond acceptors (Lipinski definition) is 2. The van der Waals surface area contributed by atoms with E-state index in [9.17, 15) is 0 Å². The summed E-state index contributed by atoms with van der Waals surface area (Å²) in [7, 11) is 0. The molecular formula is C5H12ClN5. The Labute approximate surface area is 71.5 Å². The van der Waals surface area contributed by atoms with Crippen molar-refractivity contribution in [1.29, 1.82) is 5.41 Å². The Morgan fingerprint density at radius 2 is 2.09 bits per heavy atom. The number of hydrogen-bond donors (Lipinski definition) is 4. The first kappa shape index (κ1) is 12.4. The van der Waals surface area contributed by atoms with E-state index in [0.717, 1.165) is 0 Å². The van der Waals surface area contributed by atoms with E-state index < -0.39 is 0 Å². The summed E-state index contributed by atoms with van der Waals surface area (Å²) >= 11 is 0. The van der Waals surface area contributed by atoms with Gasteiger partial charge in [0, 0.05) is 6.20 Å². The molecule has 64 valence electrons. The van der Waals surface area contributed by atoms with Crippen molar-refractivity contribution in [3.8, 4) is 0 Å². The van der Waals surface area contributed by atoms with Crippen LogP contribution in [0.1, 0.15) is 6.92 Å². The molecule has 0 fully saturated rings. The van der Waals surface area contributed by atoms with Crippen molar-refractivity contribution in [2.24, 2.45) is 16.5 Å². The van der Waals surface area contributed by atoms with Crippen molar-refractivity contribution in [2.75, 3.05) is 0 Å². The summed E-state index contributed by atoms with van der Waals surface area (Å²) in [6.07, 6.45) is 3.22. The van der Waals surface area contributed by atoms with Gasteiger partial charge in [-0.05, 0) is 6.92 Å². The molecule has 0 radical (unpaired) electrons. The van der Waals surface area contributed by atoms with Crippen molar-refractivity contribution in [2.45, 2.75) is 6.92 Å². The quantitative estimate of drug-likeness (QED) is 0.328. The van der Waals surface area contributed by atoms with E-state index in [4.69, 9.17) is 16.9 Å². The van der Waals surface area contributed by atoms with E-state index in [2.05, 4.69) is 10.3 Å². The Morgan fingerprint density at radius 3 is 2.45 bits per heavy atom. The fourth-order valence-corrected chi connectivity index (χ4v) is 0.325. The van der Waals surface area contributed by atoms with Gasteiger partial charge in [0.2, 0.25) is 0 Å². The van der Waals surface area contributed by atoms with Gasteiger partial charge in [0.15, 0.2) is 11.9 Å². The molecule has 5 nitrogen and oxygen atoms in total. The second-order valence-electron chi connectivity index (χ2n) is 1.54. The molecule has 0 aliphatic carbocycles. The predicted octanol–water partition coefficient (Wildman–Crippen LogP) is -0.260. The van der Waals surface area contributed by atoms with Crippen molar-refractivity contribution < 1.29 is 0 Å². The van der Waals surface area contributed by atoms with Crippen LogP contribution in [0.15, 0.2) is 17.3 Å². The minimum atomic E-state index is -0.217. The number of allylic oxidation sites excluding steroid dienone is 1. The normalized spacial score (nSPS) is 10.8. The topological polar surface area (TPSA) is 100 Å². The molecule has 0 aromatic carbocycles. The highest BCUT2D eigenvalue weighted by atomic mass is 35.5. The van der Waals surface area contributed by atoms with Crippen molar-refractivity contribution in [1.82, 2.24) is 5.32 Å². The summed E-state index contributed by atoms with van der Waals surface area (Å²) in [4.78, 5) is 3.66. The van der Waals surface area contributed by atoms with Crippen molar-refractivity contribution in [3.05, 3.63) is 12.3 Å². The van der Waals surface area contributed by atoms with Crippen LogP contribution >= 0.6 is 12.4 Å². The molecule has 6 heteroatoms. The van der Waals surface area contributed by atoms with Crippen LogP contribution in [0.5, 0.6) is 0 Å². The zero-order valence-electron chi connectivity index (χ0n) is 6.16. The molecule has 0 aromatic heterocycles. The van der Waals surface area contributed by atoms with Gasteiger partial charge in [0.1, 0.15) is 0 Å². The molecule has 11 heavy (non-hydrogen) atoms. The lowest BCUT2D eigenvalue weighted by molar-refractivity contribution is 1.20. The van der Waals surface area contributed by atoms with Gasteiger partial charge in [-0.1, -0.05) is 6.08 Å². The van der Waals surface area contributed by atoms with Crippen molar-refractivity contribution >= 4 is 24.3 Å². The third-order valence-electron chi connectivity index (χ3n) is 0.625. The first-order valence-corrected chi connectivity index (χ1v) is 2.72. The van der Waals surface area contributed by atoms with Crippen LogP contribution in [0.3, 0.4) is 0 Å². The van der Waals surface area contributed by atoms with Crippen LogP contribution in [0, 0.1) is 5.41 Å². The average molecular weight is 178 g/mol. The fourth-order valence-electron chi connectivity index (χ4n) is 0.325. The zero-order chi connectivity index (χ0) is 7.98. The molecule has 6 N–H and O–H groups in total. The number of aliphatic imine (C=N–C) groups is 1. The highest BCUT2D eigenvalue weighted by molar-refractivity contribution is 5.95. The summed E-state index contributed by atoms with van der Waals surface area (Å²) in [5, 5.41) is 9.06. The molecule has 0 aliphatic rings. The molecule has 0 heterocycles. The first-order valence-electron chi connectivity index (χ1n) is 2.72. The van der Waals surface area contributed by atoms with Crippen LogP contribution in [-0.4, -0.2) is 11.9 Å².